The molecule has 8 heteroatoms. The predicted octanol–water partition coefficient (Wildman–Crippen LogP) is 0.522. The van der Waals surface area contributed by atoms with Gasteiger partial charge in [0.1, 0.15) is 0 Å². The molecule has 0 aliphatic rings. The van der Waals surface area contributed by atoms with Gasteiger partial charge in [-0.05, 0) is 31.2 Å². The lowest BCUT2D eigenvalue weighted by atomic mass is 10.2. The van der Waals surface area contributed by atoms with Crippen LogP contribution in [0, 0.1) is 0 Å². The lowest BCUT2D eigenvalue weighted by Gasteiger charge is -2.06. The standard InChI is InChI=1S/C11H16N2O4S.ClH/c1-2-17-11(14)9-3-5-10(6-4-9)18(15,16)13-8-7-12;/h3-6,13H,2,7-8,12H2,1H3;1H. The maximum Gasteiger partial charge on any atom is 0.338 e. The summed E-state index contributed by atoms with van der Waals surface area (Å²) in [7, 11) is -3.56. The van der Waals surface area contributed by atoms with Crippen LogP contribution in [-0.4, -0.2) is 34.1 Å². The fraction of sp³-hybridized carbons (Fsp3) is 0.364. The minimum absolute atomic E-state index is 0. The van der Waals surface area contributed by atoms with Crippen molar-refractivity contribution >= 4 is 28.4 Å². The Kier molecular flexibility index (Phi) is 7.62. The molecule has 0 spiro atoms. The molecule has 0 fully saturated rings. The van der Waals surface area contributed by atoms with E-state index < -0.39 is 16.0 Å². The first-order chi connectivity index (χ1) is 8.51. The average Bonchev–Trinajstić information content (AvgIpc) is 2.37. The highest BCUT2D eigenvalue weighted by Crippen LogP contribution is 2.11. The number of halogens is 1. The van der Waals surface area contributed by atoms with Crippen molar-refractivity contribution in [1.82, 2.24) is 4.72 Å². The van der Waals surface area contributed by atoms with Crippen LogP contribution in [0.15, 0.2) is 29.2 Å². The van der Waals surface area contributed by atoms with Crippen molar-refractivity contribution in [2.75, 3.05) is 19.7 Å². The van der Waals surface area contributed by atoms with Crippen LogP contribution in [-0.2, 0) is 14.8 Å². The second-order valence-corrected chi connectivity index (χ2v) is 5.20. The third-order valence-corrected chi connectivity index (χ3v) is 3.59. The van der Waals surface area contributed by atoms with E-state index in [0.29, 0.717) is 5.56 Å². The van der Waals surface area contributed by atoms with E-state index in [4.69, 9.17) is 10.5 Å². The summed E-state index contributed by atoms with van der Waals surface area (Å²) in [4.78, 5) is 11.5. The van der Waals surface area contributed by atoms with Crippen LogP contribution in [0.3, 0.4) is 0 Å². The van der Waals surface area contributed by atoms with Crippen LogP contribution in [0.5, 0.6) is 0 Å². The first kappa shape index (κ1) is 17.8. The third kappa shape index (κ3) is 5.15. The second kappa shape index (κ2) is 8.11. The number of carbonyl (C=O) groups is 1. The van der Waals surface area contributed by atoms with Gasteiger partial charge in [0.25, 0.3) is 0 Å². The van der Waals surface area contributed by atoms with Gasteiger partial charge in [-0.15, -0.1) is 12.4 Å². The highest BCUT2D eigenvalue weighted by Gasteiger charge is 2.14. The number of carbonyl (C=O) groups excluding carboxylic acids is 1. The number of rotatable bonds is 6. The van der Waals surface area contributed by atoms with Crippen LogP contribution in [0.4, 0.5) is 0 Å². The molecule has 0 aromatic heterocycles. The molecule has 1 rings (SSSR count). The Morgan fingerprint density at radius 2 is 1.89 bits per heavy atom. The van der Waals surface area contributed by atoms with E-state index in [0.717, 1.165) is 0 Å². The van der Waals surface area contributed by atoms with E-state index in [1.165, 1.54) is 24.3 Å². The molecule has 0 radical (unpaired) electrons. The minimum Gasteiger partial charge on any atom is -0.462 e. The Labute approximate surface area is 118 Å². The number of hydrogen-bond acceptors (Lipinski definition) is 5. The summed E-state index contributed by atoms with van der Waals surface area (Å²) in [5.41, 5.74) is 5.54. The van der Waals surface area contributed by atoms with Crippen molar-refractivity contribution in [1.29, 1.82) is 0 Å². The van der Waals surface area contributed by atoms with Crippen LogP contribution in [0.2, 0.25) is 0 Å². The Hall–Kier alpha value is -1.15. The van der Waals surface area contributed by atoms with Gasteiger partial charge in [0.2, 0.25) is 10.0 Å². The van der Waals surface area contributed by atoms with Gasteiger partial charge in [-0.25, -0.2) is 17.9 Å². The highest BCUT2D eigenvalue weighted by molar-refractivity contribution is 7.89. The third-order valence-electron chi connectivity index (χ3n) is 2.11. The monoisotopic (exact) mass is 308 g/mol. The molecule has 0 aliphatic heterocycles. The molecule has 0 bridgehead atoms. The summed E-state index contributed by atoms with van der Waals surface area (Å²) in [6, 6.07) is 5.53. The fourth-order valence-corrected chi connectivity index (χ4v) is 2.31. The molecule has 3 N–H and O–H groups in total. The molecule has 108 valence electrons. The Morgan fingerprint density at radius 1 is 1.32 bits per heavy atom. The number of nitrogens with one attached hydrogen (secondary N) is 1. The quantitative estimate of drug-likeness (QED) is 0.747. The van der Waals surface area contributed by atoms with E-state index in [1.54, 1.807) is 6.92 Å². The Morgan fingerprint density at radius 3 is 2.37 bits per heavy atom. The summed E-state index contributed by atoms with van der Waals surface area (Å²) in [5, 5.41) is 0. The predicted molar refractivity (Wildman–Crippen MR) is 73.9 cm³/mol. The maximum absolute atomic E-state index is 11.7. The summed E-state index contributed by atoms with van der Waals surface area (Å²) < 4.78 is 30.6. The van der Waals surface area contributed by atoms with Gasteiger partial charge in [-0.3, -0.25) is 0 Å². The zero-order valence-electron chi connectivity index (χ0n) is 10.5. The largest absolute Gasteiger partial charge is 0.462 e. The number of nitrogens with two attached hydrogens (primary N) is 1. The molecule has 0 amide bonds. The smallest absolute Gasteiger partial charge is 0.338 e. The van der Waals surface area contributed by atoms with E-state index in [1.807, 2.05) is 0 Å². The summed E-state index contributed by atoms with van der Waals surface area (Å²) >= 11 is 0. The average molecular weight is 309 g/mol. The first-order valence-electron chi connectivity index (χ1n) is 5.48. The van der Waals surface area contributed by atoms with Crippen molar-refractivity contribution in [3.63, 3.8) is 0 Å². The molecular formula is C11H17ClN2O4S. The topological polar surface area (TPSA) is 98.5 Å². The van der Waals surface area contributed by atoms with Gasteiger partial charge in [-0.2, -0.15) is 0 Å². The zero-order valence-corrected chi connectivity index (χ0v) is 12.1. The molecular weight excluding hydrogens is 292 g/mol. The molecule has 1 aromatic rings. The van der Waals surface area contributed by atoms with Crippen molar-refractivity contribution in [2.24, 2.45) is 5.73 Å². The molecule has 0 unspecified atom stereocenters. The van der Waals surface area contributed by atoms with Gasteiger partial charge in [0.05, 0.1) is 17.1 Å². The molecule has 19 heavy (non-hydrogen) atoms. The van der Waals surface area contributed by atoms with E-state index in [-0.39, 0.29) is 37.0 Å². The molecule has 0 saturated heterocycles. The first-order valence-corrected chi connectivity index (χ1v) is 6.96. The fourth-order valence-electron chi connectivity index (χ4n) is 1.26. The lowest BCUT2D eigenvalue weighted by Crippen LogP contribution is -2.29. The normalized spacial score (nSPS) is 10.6. The Balaban J connectivity index is 0.00000324. The number of sulfonamides is 1. The van der Waals surface area contributed by atoms with Crippen LogP contribution in [0.25, 0.3) is 0 Å². The van der Waals surface area contributed by atoms with Gasteiger partial charge in [0, 0.05) is 13.1 Å². The van der Waals surface area contributed by atoms with Crippen LogP contribution in [0.1, 0.15) is 17.3 Å². The van der Waals surface area contributed by atoms with Crippen molar-refractivity contribution in [3.8, 4) is 0 Å². The summed E-state index contributed by atoms with van der Waals surface area (Å²) in [6.07, 6.45) is 0. The van der Waals surface area contributed by atoms with Gasteiger partial charge >= 0.3 is 5.97 Å². The molecule has 0 aliphatic carbocycles. The number of hydrogen-bond donors (Lipinski definition) is 2. The molecule has 0 saturated carbocycles. The van der Waals surface area contributed by atoms with Gasteiger partial charge < -0.3 is 10.5 Å². The number of benzene rings is 1. The van der Waals surface area contributed by atoms with Gasteiger partial charge in [0.15, 0.2) is 0 Å². The van der Waals surface area contributed by atoms with E-state index in [9.17, 15) is 13.2 Å². The Bertz CT molecular complexity index is 502. The van der Waals surface area contributed by atoms with Crippen LogP contribution < -0.4 is 10.5 Å². The lowest BCUT2D eigenvalue weighted by molar-refractivity contribution is 0.0526. The molecule has 0 heterocycles. The minimum atomic E-state index is -3.56. The highest BCUT2D eigenvalue weighted by atomic mass is 35.5. The maximum atomic E-state index is 11.7. The van der Waals surface area contributed by atoms with Crippen molar-refractivity contribution in [2.45, 2.75) is 11.8 Å². The van der Waals surface area contributed by atoms with Gasteiger partial charge in [-0.1, -0.05) is 0 Å². The van der Waals surface area contributed by atoms with Crippen molar-refractivity contribution < 1.29 is 17.9 Å². The van der Waals surface area contributed by atoms with Crippen molar-refractivity contribution in [3.05, 3.63) is 29.8 Å². The molecule has 6 nitrogen and oxygen atoms in total. The SMILES string of the molecule is CCOC(=O)c1ccc(S(=O)(=O)NCCN)cc1.Cl. The summed E-state index contributed by atoms with van der Waals surface area (Å²) in [5.74, 6) is -0.476. The summed E-state index contributed by atoms with van der Waals surface area (Å²) in [6.45, 7) is 2.37. The van der Waals surface area contributed by atoms with E-state index >= 15 is 0 Å². The van der Waals surface area contributed by atoms with Crippen LogP contribution >= 0.6 is 12.4 Å². The number of ether oxygens (including phenoxy) is 1. The van der Waals surface area contributed by atoms with E-state index in [2.05, 4.69) is 4.72 Å². The second-order valence-electron chi connectivity index (χ2n) is 3.43. The zero-order chi connectivity index (χ0) is 13.6. The molecule has 0 atom stereocenters. The molecule has 1 aromatic carbocycles. The number of esters is 1.